The number of fused-ring (bicyclic) bond motifs is 1. The van der Waals surface area contributed by atoms with Crippen LogP contribution in [0.5, 0.6) is 17.2 Å². The highest BCUT2D eigenvalue weighted by atomic mass is 79.9. The number of phenols is 1. The van der Waals surface area contributed by atoms with Crippen LogP contribution in [0.15, 0.2) is 64.6 Å². The number of hydrogen-bond donors (Lipinski definition) is 2. The number of thiazole rings is 1. The molecule has 1 fully saturated rings. The molecular weight excluding hydrogens is 584 g/mol. The number of Topliss-reactive ketones (excluding diaryl/α,β-unsaturated/α-hetero) is 1. The lowest BCUT2D eigenvalue weighted by molar-refractivity contribution is -0.132. The van der Waals surface area contributed by atoms with Crippen molar-refractivity contribution in [3.63, 3.8) is 0 Å². The van der Waals surface area contributed by atoms with Crippen LogP contribution in [-0.2, 0) is 9.59 Å². The van der Waals surface area contributed by atoms with Crippen molar-refractivity contribution in [2.24, 2.45) is 0 Å². The number of amides is 1. The van der Waals surface area contributed by atoms with Crippen molar-refractivity contribution in [1.82, 2.24) is 4.98 Å². The summed E-state index contributed by atoms with van der Waals surface area (Å²) < 4.78 is 11.6. The second kappa shape index (κ2) is 9.70. The van der Waals surface area contributed by atoms with Crippen molar-refractivity contribution in [3.05, 3.63) is 80.8 Å². The molecule has 0 bridgehead atoms. The monoisotopic (exact) mass is 600 g/mol. The summed E-state index contributed by atoms with van der Waals surface area (Å²) in [6.45, 7) is 0. The number of nitrogens with zero attached hydrogens (tertiary/aromatic N) is 2. The summed E-state index contributed by atoms with van der Waals surface area (Å²) in [7, 11) is 2.94. The van der Waals surface area contributed by atoms with Gasteiger partial charge in [0.05, 0.1) is 40.5 Å². The van der Waals surface area contributed by atoms with E-state index < -0.39 is 17.7 Å². The van der Waals surface area contributed by atoms with Crippen LogP contribution in [-0.4, -0.2) is 41.1 Å². The number of phenolic OH excluding ortho intramolecular Hbond substituents is 1. The molecule has 2 N–H and O–H groups in total. The molecule has 3 aromatic carbocycles. The van der Waals surface area contributed by atoms with E-state index in [1.807, 2.05) is 0 Å². The van der Waals surface area contributed by atoms with Gasteiger partial charge in [-0.25, -0.2) is 4.98 Å². The van der Waals surface area contributed by atoms with Crippen LogP contribution in [0.3, 0.4) is 0 Å². The predicted octanol–water partition coefficient (Wildman–Crippen LogP) is 6.06. The molecule has 1 saturated heterocycles. The van der Waals surface area contributed by atoms with Crippen molar-refractivity contribution in [2.45, 2.75) is 6.04 Å². The number of ether oxygens (including phenoxy) is 2. The Hall–Kier alpha value is -3.60. The molecule has 1 atom stereocenters. The number of rotatable bonds is 5. The van der Waals surface area contributed by atoms with Crippen LogP contribution in [0.25, 0.3) is 16.0 Å². The van der Waals surface area contributed by atoms with Gasteiger partial charge in [0.15, 0.2) is 16.6 Å². The minimum atomic E-state index is -1.07. The first-order valence-corrected chi connectivity index (χ1v) is 12.8. The number of aliphatic hydroxyl groups excluding tert-OH is 1. The van der Waals surface area contributed by atoms with E-state index in [0.29, 0.717) is 27.4 Å². The maximum absolute atomic E-state index is 13.5. The van der Waals surface area contributed by atoms with Crippen LogP contribution in [0.1, 0.15) is 17.2 Å². The van der Waals surface area contributed by atoms with Crippen molar-refractivity contribution in [3.8, 4) is 17.2 Å². The molecule has 0 saturated carbocycles. The Morgan fingerprint density at radius 2 is 1.81 bits per heavy atom. The number of aromatic nitrogens is 1. The highest BCUT2D eigenvalue weighted by molar-refractivity contribution is 9.10. The highest BCUT2D eigenvalue weighted by Crippen LogP contribution is 2.47. The van der Waals surface area contributed by atoms with Gasteiger partial charge in [-0.05, 0) is 76.1 Å². The third kappa shape index (κ3) is 4.30. The highest BCUT2D eigenvalue weighted by Gasteiger charge is 2.48. The van der Waals surface area contributed by atoms with Gasteiger partial charge in [0, 0.05) is 10.6 Å². The summed E-state index contributed by atoms with van der Waals surface area (Å²) in [6.07, 6.45) is 0. The Morgan fingerprint density at radius 3 is 2.49 bits per heavy atom. The summed E-state index contributed by atoms with van der Waals surface area (Å²) in [6, 6.07) is 13.6. The average molecular weight is 602 g/mol. The summed E-state index contributed by atoms with van der Waals surface area (Å²) in [4.78, 5) is 32.7. The van der Waals surface area contributed by atoms with Crippen molar-refractivity contribution >= 4 is 71.7 Å². The molecule has 1 aliphatic heterocycles. The Morgan fingerprint density at radius 1 is 1.08 bits per heavy atom. The molecule has 4 aromatic rings. The van der Waals surface area contributed by atoms with Crippen molar-refractivity contribution in [1.29, 1.82) is 0 Å². The van der Waals surface area contributed by atoms with Gasteiger partial charge in [-0.1, -0.05) is 22.9 Å². The van der Waals surface area contributed by atoms with Crippen LogP contribution in [0.2, 0.25) is 5.02 Å². The zero-order chi connectivity index (χ0) is 26.4. The fourth-order valence-electron chi connectivity index (χ4n) is 4.14. The van der Waals surface area contributed by atoms with E-state index in [1.54, 1.807) is 55.6 Å². The molecule has 5 rings (SSSR count). The maximum atomic E-state index is 13.5. The molecule has 188 valence electrons. The number of aliphatic hydroxyl groups is 1. The maximum Gasteiger partial charge on any atom is 0.301 e. The topological polar surface area (TPSA) is 109 Å². The SMILES string of the molecule is COc1ccc2nc(N3C(=O)C(=O)C(=C(O)c4ccc(Cl)cc4)C3c3cc(Br)c(O)c(OC)c3)sc2c1. The Labute approximate surface area is 228 Å². The van der Waals surface area contributed by atoms with Crippen LogP contribution in [0.4, 0.5) is 5.13 Å². The molecule has 0 radical (unpaired) electrons. The van der Waals surface area contributed by atoms with E-state index in [9.17, 15) is 19.8 Å². The van der Waals surface area contributed by atoms with Gasteiger partial charge < -0.3 is 19.7 Å². The lowest BCUT2D eigenvalue weighted by atomic mass is 9.95. The van der Waals surface area contributed by atoms with Crippen LogP contribution >= 0.6 is 38.9 Å². The number of methoxy groups -OCH3 is 2. The number of benzene rings is 3. The molecule has 1 aliphatic rings. The van der Waals surface area contributed by atoms with E-state index in [-0.39, 0.29) is 32.4 Å². The Kier molecular flexibility index (Phi) is 6.57. The first-order valence-electron chi connectivity index (χ1n) is 10.8. The zero-order valence-corrected chi connectivity index (χ0v) is 22.5. The molecule has 11 heteroatoms. The van der Waals surface area contributed by atoms with E-state index >= 15 is 0 Å². The van der Waals surface area contributed by atoms with Gasteiger partial charge in [0.1, 0.15) is 11.5 Å². The average Bonchev–Trinajstić information content (AvgIpc) is 3.43. The second-order valence-electron chi connectivity index (χ2n) is 8.06. The quantitative estimate of drug-likeness (QED) is 0.163. The minimum Gasteiger partial charge on any atom is -0.507 e. The normalized spacial score (nSPS) is 17.0. The summed E-state index contributed by atoms with van der Waals surface area (Å²) in [5.74, 6) is -1.50. The molecule has 2 heterocycles. The van der Waals surface area contributed by atoms with E-state index in [2.05, 4.69) is 20.9 Å². The lowest BCUT2D eigenvalue weighted by Gasteiger charge is -2.24. The van der Waals surface area contributed by atoms with E-state index in [4.69, 9.17) is 21.1 Å². The summed E-state index contributed by atoms with van der Waals surface area (Å²) in [5.41, 5.74) is 1.20. The lowest BCUT2D eigenvalue weighted by Crippen LogP contribution is -2.29. The standard InChI is InChI=1S/C26H18BrClN2O6S/c1-35-15-7-8-17-19(11-15)37-26(29-17)30-21(13-9-16(27)23(32)18(10-13)36-2)20(24(33)25(30)34)22(31)12-3-5-14(28)6-4-12/h3-11,21,31-32H,1-2H3. The van der Waals surface area contributed by atoms with Gasteiger partial charge in [0.25, 0.3) is 5.78 Å². The second-order valence-corrected chi connectivity index (χ2v) is 10.4. The molecule has 37 heavy (non-hydrogen) atoms. The number of halogens is 2. The molecule has 0 spiro atoms. The molecule has 0 aliphatic carbocycles. The van der Waals surface area contributed by atoms with Gasteiger partial charge in [-0.3, -0.25) is 14.5 Å². The number of carbonyl (C=O) groups excluding carboxylic acids is 2. The Balaban J connectivity index is 1.76. The summed E-state index contributed by atoms with van der Waals surface area (Å²) in [5, 5.41) is 22.3. The molecule has 8 nitrogen and oxygen atoms in total. The van der Waals surface area contributed by atoms with Gasteiger partial charge >= 0.3 is 5.91 Å². The van der Waals surface area contributed by atoms with Crippen molar-refractivity contribution in [2.75, 3.05) is 19.1 Å². The number of hydrogen-bond acceptors (Lipinski definition) is 8. The van der Waals surface area contributed by atoms with E-state index in [1.165, 1.54) is 29.4 Å². The third-order valence-electron chi connectivity index (χ3n) is 5.94. The fraction of sp³-hybridized carbons (Fsp3) is 0.115. The minimum absolute atomic E-state index is 0.121. The number of aromatic hydroxyl groups is 1. The molecule has 1 aromatic heterocycles. The Bertz CT molecular complexity index is 1600. The van der Waals surface area contributed by atoms with Crippen LogP contribution < -0.4 is 14.4 Å². The number of anilines is 1. The van der Waals surface area contributed by atoms with E-state index in [0.717, 1.165) is 4.70 Å². The first-order chi connectivity index (χ1) is 17.7. The smallest absolute Gasteiger partial charge is 0.301 e. The largest absolute Gasteiger partial charge is 0.507 e. The van der Waals surface area contributed by atoms with Crippen LogP contribution in [0, 0.1) is 0 Å². The van der Waals surface area contributed by atoms with Gasteiger partial charge in [-0.2, -0.15) is 0 Å². The van der Waals surface area contributed by atoms with Gasteiger partial charge in [-0.15, -0.1) is 0 Å². The predicted molar refractivity (Wildman–Crippen MR) is 145 cm³/mol. The fourth-order valence-corrected chi connectivity index (χ4v) is 5.74. The molecule has 1 amide bonds. The van der Waals surface area contributed by atoms with Gasteiger partial charge in [0.2, 0.25) is 0 Å². The summed E-state index contributed by atoms with van der Waals surface area (Å²) >= 11 is 10.5. The first kappa shape index (κ1) is 25.1. The molecular formula is C26H18BrClN2O6S. The third-order valence-corrected chi connectivity index (χ3v) is 7.81. The number of carbonyl (C=O) groups is 2. The number of ketones is 1. The van der Waals surface area contributed by atoms with Crippen molar-refractivity contribution < 1.29 is 29.3 Å². The molecule has 1 unspecified atom stereocenters. The zero-order valence-electron chi connectivity index (χ0n) is 19.4.